The molecule has 2 aromatic heterocycles. The maximum Gasteiger partial charge on any atom is 0.0701 e. The van der Waals surface area contributed by atoms with E-state index in [0.29, 0.717) is 0 Å². The molecule has 0 atom stereocenters. The molecule has 13 heavy (non-hydrogen) atoms. The number of hydrogen-bond acceptors (Lipinski definition) is 2. The van der Waals surface area contributed by atoms with Crippen molar-refractivity contribution in [3.05, 3.63) is 50.9 Å². The fourth-order valence-corrected chi connectivity index (χ4v) is 2.67. The van der Waals surface area contributed by atoms with Crippen LogP contribution in [0.3, 0.4) is 0 Å². The summed E-state index contributed by atoms with van der Waals surface area (Å²) in [6.45, 7) is 0. The first kappa shape index (κ1) is 8.91. The lowest BCUT2D eigenvalue weighted by molar-refractivity contribution is 1.17. The molecule has 0 saturated carbocycles. The summed E-state index contributed by atoms with van der Waals surface area (Å²) in [5.41, 5.74) is 1.26. The molecular weight excluding hydrogens is 246 g/mol. The third kappa shape index (κ3) is 2.39. The molecule has 0 N–H and O–H groups in total. The molecule has 0 amide bonds. The van der Waals surface area contributed by atoms with Gasteiger partial charge in [0.1, 0.15) is 0 Å². The van der Waals surface area contributed by atoms with Crippen LogP contribution < -0.4 is 0 Å². The summed E-state index contributed by atoms with van der Waals surface area (Å²) in [4.78, 5) is 5.44. The van der Waals surface area contributed by atoms with Crippen molar-refractivity contribution in [2.24, 2.45) is 0 Å². The Morgan fingerprint density at radius 3 is 2.85 bits per heavy atom. The Balaban J connectivity index is 2.15. The van der Waals surface area contributed by atoms with Crippen LogP contribution in [0.4, 0.5) is 0 Å². The van der Waals surface area contributed by atoms with Crippen molar-refractivity contribution in [2.45, 2.75) is 6.42 Å². The molecule has 0 spiro atoms. The zero-order valence-electron chi connectivity index (χ0n) is 6.90. The van der Waals surface area contributed by atoms with Gasteiger partial charge in [0, 0.05) is 23.7 Å². The summed E-state index contributed by atoms with van der Waals surface area (Å²) < 4.78 is 1.19. The number of rotatable bonds is 2. The van der Waals surface area contributed by atoms with Crippen LogP contribution >= 0.6 is 27.3 Å². The zero-order valence-corrected chi connectivity index (χ0v) is 9.31. The number of hydrogen-bond donors (Lipinski definition) is 0. The molecule has 0 aliphatic rings. The average molecular weight is 254 g/mol. The van der Waals surface area contributed by atoms with Gasteiger partial charge in [-0.3, -0.25) is 4.98 Å². The Morgan fingerprint density at radius 2 is 2.23 bits per heavy atom. The van der Waals surface area contributed by atoms with Crippen molar-refractivity contribution in [1.82, 2.24) is 4.98 Å². The number of nitrogens with zero attached hydrogens (tertiary/aromatic N) is 1. The highest BCUT2D eigenvalue weighted by molar-refractivity contribution is 9.11. The van der Waals surface area contributed by atoms with Crippen LogP contribution in [-0.4, -0.2) is 4.98 Å². The summed E-state index contributed by atoms with van der Waals surface area (Å²) in [7, 11) is 0. The third-order valence-corrected chi connectivity index (χ3v) is 3.35. The SMILES string of the molecule is Brc1ccc(Cc2cccnc2)s1. The molecular formula is C10H8BrNS. The fraction of sp³-hybridized carbons (Fsp3) is 0.100. The Morgan fingerprint density at radius 1 is 1.31 bits per heavy atom. The number of halogens is 1. The van der Waals surface area contributed by atoms with E-state index >= 15 is 0 Å². The topological polar surface area (TPSA) is 12.9 Å². The summed E-state index contributed by atoms with van der Waals surface area (Å²) in [5, 5.41) is 0. The van der Waals surface area contributed by atoms with Crippen molar-refractivity contribution < 1.29 is 0 Å². The van der Waals surface area contributed by atoms with Crippen LogP contribution in [0, 0.1) is 0 Å². The van der Waals surface area contributed by atoms with E-state index < -0.39 is 0 Å². The van der Waals surface area contributed by atoms with Crippen molar-refractivity contribution in [3.63, 3.8) is 0 Å². The Hall–Kier alpha value is -0.670. The molecule has 0 aliphatic carbocycles. The number of pyridine rings is 1. The molecule has 0 bridgehead atoms. The minimum Gasteiger partial charge on any atom is -0.264 e. The minimum absolute atomic E-state index is 0.976. The van der Waals surface area contributed by atoms with Gasteiger partial charge < -0.3 is 0 Å². The Bertz CT molecular complexity index is 383. The predicted molar refractivity (Wildman–Crippen MR) is 59.1 cm³/mol. The first-order chi connectivity index (χ1) is 6.34. The van der Waals surface area contributed by atoms with Gasteiger partial charge in [0.2, 0.25) is 0 Å². The van der Waals surface area contributed by atoms with E-state index in [0.717, 1.165) is 6.42 Å². The summed E-state index contributed by atoms with van der Waals surface area (Å²) >= 11 is 5.22. The third-order valence-electron chi connectivity index (χ3n) is 1.73. The molecule has 1 nitrogen and oxygen atoms in total. The van der Waals surface area contributed by atoms with E-state index in [9.17, 15) is 0 Å². The first-order valence-electron chi connectivity index (χ1n) is 3.98. The van der Waals surface area contributed by atoms with E-state index in [1.807, 2.05) is 12.3 Å². The zero-order chi connectivity index (χ0) is 9.10. The van der Waals surface area contributed by atoms with Gasteiger partial charge >= 0.3 is 0 Å². The number of thiophene rings is 1. The van der Waals surface area contributed by atoms with E-state index in [-0.39, 0.29) is 0 Å². The predicted octanol–water partition coefficient (Wildman–Crippen LogP) is 3.50. The van der Waals surface area contributed by atoms with E-state index in [1.54, 1.807) is 17.5 Å². The first-order valence-corrected chi connectivity index (χ1v) is 5.58. The molecule has 0 fully saturated rings. The van der Waals surface area contributed by atoms with Gasteiger partial charge in [-0.15, -0.1) is 11.3 Å². The van der Waals surface area contributed by atoms with Crippen LogP contribution in [0.15, 0.2) is 40.4 Å². The van der Waals surface area contributed by atoms with Crippen LogP contribution in [0.1, 0.15) is 10.4 Å². The highest BCUT2D eigenvalue weighted by Gasteiger charge is 1.98. The quantitative estimate of drug-likeness (QED) is 0.799. The molecule has 0 aromatic carbocycles. The van der Waals surface area contributed by atoms with Crippen molar-refractivity contribution >= 4 is 27.3 Å². The van der Waals surface area contributed by atoms with E-state index in [4.69, 9.17) is 0 Å². The van der Waals surface area contributed by atoms with Crippen molar-refractivity contribution in [1.29, 1.82) is 0 Å². The van der Waals surface area contributed by atoms with Crippen LogP contribution in [-0.2, 0) is 6.42 Å². The molecule has 66 valence electrons. The van der Waals surface area contributed by atoms with Gasteiger partial charge in [-0.05, 0) is 39.7 Å². The maximum atomic E-state index is 4.08. The molecule has 0 unspecified atom stereocenters. The second-order valence-electron chi connectivity index (χ2n) is 2.74. The molecule has 3 heteroatoms. The lowest BCUT2D eigenvalue weighted by Crippen LogP contribution is -1.84. The molecule has 0 radical (unpaired) electrons. The fourth-order valence-electron chi connectivity index (χ4n) is 1.15. The summed E-state index contributed by atoms with van der Waals surface area (Å²) in [6, 6.07) is 8.29. The Labute approximate surface area is 89.6 Å². The van der Waals surface area contributed by atoms with Crippen LogP contribution in [0.25, 0.3) is 0 Å². The van der Waals surface area contributed by atoms with Crippen LogP contribution in [0.2, 0.25) is 0 Å². The Kier molecular flexibility index (Phi) is 2.76. The van der Waals surface area contributed by atoms with E-state index in [2.05, 4.69) is 39.1 Å². The minimum atomic E-state index is 0.976. The second kappa shape index (κ2) is 4.03. The normalized spacial score (nSPS) is 10.2. The molecule has 2 heterocycles. The second-order valence-corrected chi connectivity index (χ2v) is 5.29. The van der Waals surface area contributed by atoms with E-state index in [1.165, 1.54) is 14.2 Å². The number of aromatic nitrogens is 1. The van der Waals surface area contributed by atoms with Crippen molar-refractivity contribution in [2.75, 3.05) is 0 Å². The molecule has 2 rings (SSSR count). The summed E-state index contributed by atoms with van der Waals surface area (Å²) in [5.74, 6) is 0. The van der Waals surface area contributed by atoms with Gasteiger partial charge in [-0.2, -0.15) is 0 Å². The van der Waals surface area contributed by atoms with Gasteiger partial charge in [-0.25, -0.2) is 0 Å². The van der Waals surface area contributed by atoms with Crippen LogP contribution in [0.5, 0.6) is 0 Å². The highest BCUT2D eigenvalue weighted by atomic mass is 79.9. The lowest BCUT2D eigenvalue weighted by atomic mass is 10.2. The largest absolute Gasteiger partial charge is 0.264 e. The standard InChI is InChI=1S/C10H8BrNS/c11-10-4-3-9(13-10)6-8-2-1-5-12-7-8/h1-5,7H,6H2. The van der Waals surface area contributed by atoms with Gasteiger partial charge in [0.15, 0.2) is 0 Å². The average Bonchev–Trinajstić information content (AvgIpc) is 2.53. The maximum absolute atomic E-state index is 4.08. The summed E-state index contributed by atoms with van der Waals surface area (Å²) in [6.07, 6.45) is 4.69. The van der Waals surface area contributed by atoms with Gasteiger partial charge in [0.05, 0.1) is 3.79 Å². The van der Waals surface area contributed by atoms with Gasteiger partial charge in [-0.1, -0.05) is 6.07 Å². The lowest BCUT2D eigenvalue weighted by Gasteiger charge is -1.95. The van der Waals surface area contributed by atoms with Crippen molar-refractivity contribution in [3.8, 4) is 0 Å². The molecule has 0 saturated heterocycles. The molecule has 2 aromatic rings. The molecule has 0 aliphatic heterocycles. The van der Waals surface area contributed by atoms with Gasteiger partial charge in [0.25, 0.3) is 0 Å². The smallest absolute Gasteiger partial charge is 0.0701 e. The highest BCUT2D eigenvalue weighted by Crippen LogP contribution is 2.23. The monoisotopic (exact) mass is 253 g/mol.